The summed E-state index contributed by atoms with van der Waals surface area (Å²) in [5, 5.41) is 4.23. The molecule has 0 unspecified atom stereocenters. The van der Waals surface area contributed by atoms with Crippen LogP contribution in [0.15, 0.2) is 64.2 Å². The summed E-state index contributed by atoms with van der Waals surface area (Å²) in [5.41, 5.74) is 1.17. The van der Waals surface area contributed by atoms with Gasteiger partial charge in [-0.05, 0) is 48.2 Å². The standard InChI is InChI=1S/C20H19FN2O4S2/c1-14-9-10-15(21)12-16(14)22-19(24)13-23(17-6-3-4-7-18(17)27-2)29(25,26)20-8-5-11-28-20/h3-12H,13H2,1-2H3,(H,22,24). The van der Waals surface area contributed by atoms with Gasteiger partial charge in [-0.3, -0.25) is 9.10 Å². The molecule has 0 fully saturated rings. The van der Waals surface area contributed by atoms with Crippen molar-refractivity contribution < 1.29 is 22.3 Å². The number of nitrogens with one attached hydrogen (secondary N) is 1. The number of benzene rings is 2. The van der Waals surface area contributed by atoms with Crippen molar-refractivity contribution in [3.8, 4) is 5.75 Å². The zero-order chi connectivity index (χ0) is 21.0. The van der Waals surface area contributed by atoms with E-state index in [1.165, 1.54) is 31.4 Å². The van der Waals surface area contributed by atoms with Crippen molar-refractivity contribution in [3.05, 3.63) is 71.4 Å². The van der Waals surface area contributed by atoms with Crippen molar-refractivity contribution in [3.63, 3.8) is 0 Å². The average molecular weight is 435 g/mol. The summed E-state index contributed by atoms with van der Waals surface area (Å²) in [5.74, 6) is -0.800. The Bertz CT molecular complexity index is 1120. The first-order valence-electron chi connectivity index (χ1n) is 8.58. The average Bonchev–Trinajstić information content (AvgIpc) is 3.24. The molecule has 0 radical (unpaired) electrons. The lowest BCUT2D eigenvalue weighted by molar-refractivity contribution is -0.114. The second-order valence-corrected chi connectivity index (χ2v) is 9.16. The molecule has 0 aliphatic rings. The van der Waals surface area contributed by atoms with Crippen molar-refractivity contribution in [2.24, 2.45) is 0 Å². The van der Waals surface area contributed by atoms with Crippen LogP contribution in [0.3, 0.4) is 0 Å². The van der Waals surface area contributed by atoms with Gasteiger partial charge in [-0.25, -0.2) is 12.8 Å². The van der Waals surface area contributed by atoms with Gasteiger partial charge in [0, 0.05) is 5.69 Å². The van der Waals surface area contributed by atoms with E-state index >= 15 is 0 Å². The Morgan fingerprint density at radius 1 is 1.17 bits per heavy atom. The van der Waals surface area contributed by atoms with E-state index in [0.29, 0.717) is 11.3 Å². The maximum absolute atomic E-state index is 13.5. The Kier molecular flexibility index (Phi) is 6.19. The van der Waals surface area contributed by atoms with Gasteiger partial charge in [0.05, 0.1) is 12.8 Å². The highest BCUT2D eigenvalue weighted by Crippen LogP contribution is 2.33. The number of para-hydroxylation sites is 2. The maximum atomic E-state index is 13.5. The molecule has 0 aliphatic heterocycles. The molecule has 0 bridgehead atoms. The van der Waals surface area contributed by atoms with Crippen LogP contribution < -0.4 is 14.4 Å². The van der Waals surface area contributed by atoms with Gasteiger partial charge in [-0.15, -0.1) is 11.3 Å². The number of methoxy groups -OCH3 is 1. The molecule has 0 atom stereocenters. The van der Waals surface area contributed by atoms with Gasteiger partial charge in [-0.2, -0.15) is 0 Å². The van der Waals surface area contributed by atoms with Gasteiger partial charge in [0.15, 0.2) is 0 Å². The number of rotatable bonds is 7. The lowest BCUT2D eigenvalue weighted by atomic mass is 10.2. The second-order valence-electron chi connectivity index (χ2n) is 6.12. The fraction of sp³-hybridized carbons (Fsp3) is 0.150. The van der Waals surface area contributed by atoms with Gasteiger partial charge in [0.2, 0.25) is 5.91 Å². The number of anilines is 2. The minimum Gasteiger partial charge on any atom is -0.495 e. The Morgan fingerprint density at radius 3 is 2.62 bits per heavy atom. The second kappa shape index (κ2) is 8.62. The highest BCUT2D eigenvalue weighted by molar-refractivity contribution is 7.94. The minimum atomic E-state index is -4.01. The molecule has 6 nitrogen and oxygen atoms in total. The van der Waals surface area contributed by atoms with Crippen LogP contribution in [0.5, 0.6) is 5.75 Å². The molecule has 3 aromatic rings. The maximum Gasteiger partial charge on any atom is 0.274 e. The molecule has 0 saturated heterocycles. The van der Waals surface area contributed by atoms with E-state index in [-0.39, 0.29) is 15.6 Å². The first kappa shape index (κ1) is 20.8. The Labute approximate surface area is 172 Å². The molecule has 1 aromatic heterocycles. The summed E-state index contributed by atoms with van der Waals surface area (Å²) >= 11 is 1.05. The molecule has 2 aromatic carbocycles. The van der Waals surface area contributed by atoms with Crippen molar-refractivity contribution >= 4 is 38.6 Å². The van der Waals surface area contributed by atoms with E-state index in [9.17, 15) is 17.6 Å². The van der Waals surface area contributed by atoms with Crippen LogP contribution in [-0.2, 0) is 14.8 Å². The summed E-state index contributed by atoms with van der Waals surface area (Å²) in [7, 11) is -2.59. The third kappa shape index (κ3) is 4.57. The SMILES string of the molecule is COc1ccccc1N(CC(=O)Nc1cc(F)ccc1C)S(=O)(=O)c1cccs1. The number of halogens is 1. The molecule has 0 saturated carbocycles. The molecule has 152 valence electrons. The lowest BCUT2D eigenvalue weighted by Crippen LogP contribution is -2.38. The highest BCUT2D eigenvalue weighted by atomic mass is 32.2. The highest BCUT2D eigenvalue weighted by Gasteiger charge is 2.30. The van der Waals surface area contributed by atoms with Gasteiger partial charge in [0.1, 0.15) is 22.3 Å². The van der Waals surface area contributed by atoms with Crippen LogP contribution in [-0.4, -0.2) is 28.0 Å². The minimum absolute atomic E-state index is 0.0955. The van der Waals surface area contributed by atoms with Gasteiger partial charge < -0.3 is 10.1 Å². The van der Waals surface area contributed by atoms with Crippen molar-refractivity contribution in [2.45, 2.75) is 11.1 Å². The number of ether oxygens (including phenoxy) is 1. The first-order chi connectivity index (χ1) is 13.8. The largest absolute Gasteiger partial charge is 0.495 e. The van der Waals surface area contributed by atoms with E-state index in [2.05, 4.69) is 5.32 Å². The monoisotopic (exact) mass is 434 g/mol. The number of amides is 1. The van der Waals surface area contributed by atoms with Crippen LogP contribution in [0, 0.1) is 12.7 Å². The Morgan fingerprint density at radius 2 is 1.93 bits per heavy atom. The molecule has 0 aliphatic carbocycles. The van der Waals surface area contributed by atoms with Crippen LogP contribution in [0.2, 0.25) is 0 Å². The van der Waals surface area contributed by atoms with Crippen LogP contribution in [0.1, 0.15) is 5.56 Å². The smallest absolute Gasteiger partial charge is 0.274 e. The number of carbonyl (C=O) groups excluding carboxylic acids is 1. The topological polar surface area (TPSA) is 75.7 Å². The number of hydrogen-bond acceptors (Lipinski definition) is 5. The van der Waals surface area contributed by atoms with E-state index in [4.69, 9.17) is 4.74 Å². The van der Waals surface area contributed by atoms with Crippen LogP contribution >= 0.6 is 11.3 Å². The summed E-state index contributed by atoms with van der Waals surface area (Å²) in [6.45, 7) is 1.21. The molecular weight excluding hydrogens is 415 g/mol. The van der Waals surface area contributed by atoms with E-state index in [1.807, 2.05) is 0 Å². The van der Waals surface area contributed by atoms with Crippen LogP contribution in [0.4, 0.5) is 15.8 Å². The molecule has 3 rings (SSSR count). The third-order valence-corrected chi connectivity index (χ3v) is 7.29. The van der Waals surface area contributed by atoms with Crippen molar-refractivity contribution in [2.75, 3.05) is 23.3 Å². The number of thiophene rings is 1. The normalized spacial score (nSPS) is 11.1. The first-order valence-corrected chi connectivity index (χ1v) is 10.9. The molecule has 9 heteroatoms. The Balaban J connectivity index is 1.97. The van der Waals surface area contributed by atoms with Crippen molar-refractivity contribution in [1.82, 2.24) is 0 Å². The van der Waals surface area contributed by atoms with Gasteiger partial charge >= 0.3 is 0 Å². The fourth-order valence-electron chi connectivity index (χ4n) is 2.70. The fourth-order valence-corrected chi connectivity index (χ4v) is 5.24. The number of nitrogens with zero attached hydrogens (tertiary/aromatic N) is 1. The van der Waals surface area contributed by atoms with Gasteiger partial charge in [-0.1, -0.05) is 24.3 Å². The molecule has 1 N–H and O–H groups in total. The summed E-state index contributed by atoms with van der Waals surface area (Å²) in [6.07, 6.45) is 0. The molecule has 29 heavy (non-hydrogen) atoms. The molecular formula is C20H19FN2O4S2. The zero-order valence-corrected chi connectivity index (χ0v) is 17.4. The summed E-state index contributed by atoms with van der Waals surface area (Å²) < 4.78 is 46.3. The molecule has 0 spiro atoms. The number of sulfonamides is 1. The zero-order valence-electron chi connectivity index (χ0n) is 15.8. The Hall–Kier alpha value is -2.91. The molecule has 1 amide bonds. The van der Waals surface area contributed by atoms with Crippen molar-refractivity contribution in [1.29, 1.82) is 0 Å². The number of aryl methyl sites for hydroxylation is 1. The van der Waals surface area contributed by atoms with E-state index in [0.717, 1.165) is 15.6 Å². The lowest BCUT2D eigenvalue weighted by Gasteiger charge is -2.25. The third-order valence-electron chi connectivity index (χ3n) is 4.15. The predicted octanol–water partition coefficient (Wildman–Crippen LogP) is 4.04. The quantitative estimate of drug-likeness (QED) is 0.609. The number of carbonyl (C=O) groups is 1. The predicted molar refractivity (Wildman–Crippen MR) is 112 cm³/mol. The summed E-state index contributed by atoms with van der Waals surface area (Å²) in [6, 6.07) is 13.6. The van der Waals surface area contributed by atoms with E-state index < -0.39 is 28.3 Å². The van der Waals surface area contributed by atoms with Crippen LogP contribution in [0.25, 0.3) is 0 Å². The van der Waals surface area contributed by atoms with E-state index in [1.54, 1.807) is 42.6 Å². The molecule has 1 heterocycles. The summed E-state index contributed by atoms with van der Waals surface area (Å²) in [4.78, 5) is 12.7. The number of hydrogen-bond donors (Lipinski definition) is 1. The van der Waals surface area contributed by atoms with Gasteiger partial charge in [0.25, 0.3) is 10.0 Å².